The Morgan fingerprint density at radius 3 is 2.33 bits per heavy atom. The first-order valence-corrected chi connectivity index (χ1v) is 6.02. The summed E-state index contributed by atoms with van der Waals surface area (Å²) in [6, 6.07) is 8.49. The topological polar surface area (TPSA) is 50.2 Å². The van der Waals surface area contributed by atoms with Crippen LogP contribution >= 0.6 is 34.8 Å². The molecule has 2 aromatic rings. The average molecular weight is 302 g/mol. The summed E-state index contributed by atoms with van der Waals surface area (Å²) in [5, 5.41) is 12.8. The molecule has 0 unspecified atom stereocenters. The molecule has 7 heteroatoms. The Labute approximate surface area is 119 Å². The van der Waals surface area contributed by atoms with Crippen LogP contribution in [0.1, 0.15) is 5.56 Å². The van der Waals surface area contributed by atoms with Crippen molar-refractivity contribution in [2.45, 2.75) is 0 Å². The summed E-state index contributed by atoms with van der Waals surface area (Å²) in [4.78, 5) is 0. The van der Waals surface area contributed by atoms with Crippen molar-refractivity contribution < 1.29 is 0 Å². The van der Waals surface area contributed by atoms with Crippen LogP contribution in [0, 0.1) is 0 Å². The predicted octanol–water partition coefficient (Wildman–Crippen LogP) is 3.88. The molecule has 0 bridgehead atoms. The zero-order valence-corrected chi connectivity index (χ0v) is 11.2. The number of rotatable bonds is 3. The second kappa shape index (κ2) is 6.00. The van der Waals surface area contributed by atoms with E-state index in [1.807, 2.05) is 0 Å². The second-order valence-electron chi connectivity index (χ2n) is 3.25. The second-order valence-corrected chi connectivity index (χ2v) is 4.45. The molecule has 0 spiro atoms. The van der Waals surface area contributed by atoms with E-state index in [1.54, 1.807) is 30.3 Å². The molecule has 0 atom stereocenters. The normalized spacial score (nSPS) is 10.8. The van der Waals surface area contributed by atoms with Gasteiger partial charge in [0.1, 0.15) is 0 Å². The summed E-state index contributed by atoms with van der Waals surface area (Å²) in [5.41, 5.74) is 3.33. The van der Waals surface area contributed by atoms with E-state index in [0.717, 1.165) is 0 Å². The number of benzene rings is 1. The van der Waals surface area contributed by atoms with E-state index < -0.39 is 0 Å². The van der Waals surface area contributed by atoms with Gasteiger partial charge in [0.05, 0.1) is 16.3 Å². The van der Waals surface area contributed by atoms with Crippen molar-refractivity contribution in [3.8, 4) is 0 Å². The molecule has 2 rings (SSSR count). The number of hydrogen-bond acceptors (Lipinski definition) is 4. The van der Waals surface area contributed by atoms with Gasteiger partial charge in [0.25, 0.3) is 0 Å². The number of nitrogens with one attached hydrogen (secondary N) is 1. The lowest BCUT2D eigenvalue weighted by Crippen LogP contribution is -1.95. The molecule has 18 heavy (non-hydrogen) atoms. The van der Waals surface area contributed by atoms with Crippen LogP contribution in [-0.4, -0.2) is 16.4 Å². The monoisotopic (exact) mass is 300 g/mol. The number of aromatic nitrogens is 2. The van der Waals surface area contributed by atoms with E-state index in [9.17, 15) is 0 Å². The molecule has 92 valence electrons. The number of anilines is 1. The van der Waals surface area contributed by atoms with Crippen LogP contribution in [0.4, 0.5) is 5.82 Å². The third kappa shape index (κ3) is 3.32. The molecular formula is C11H7Cl3N4. The third-order valence-corrected chi connectivity index (χ3v) is 2.87. The van der Waals surface area contributed by atoms with Gasteiger partial charge in [-0.15, -0.1) is 10.2 Å². The van der Waals surface area contributed by atoms with E-state index in [1.165, 1.54) is 6.21 Å². The summed E-state index contributed by atoms with van der Waals surface area (Å²) in [7, 11) is 0. The van der Waals surface area contributed by atoms with Gasteiger partial charge in [0.2, 0.25) is 0 Å². The highest BCUT2D eigenvalue weighted by Gasteiger charge is 2.01. The quantitative estimate of drug-likeness (QED) is 0.691. The summed E-state index contributed by atoms with van der Waals surface area (Å²) in [5.74, 6) is 0.471. The molecule has 4 nitrogen and oxygen atoms in total. The Balaban J connectivity index is 2.10. The summed E-state index contributed by atoms with van der Waals surface area (Å²) < 4.78 is 0. The van der Waals surface area contributed by atoms with Crippen molar-refractivity contribution in [2.24, 2.45) is 5.10 Å². The fourth-order valence-corrected chi connectivity index (χ4v) is 1.77. The Morgan fingerprint density at radius 1 is 1.00 bits per heavy atom. The van der Waals surface area contributed by atoms with Crippen molar-refractivity contribution in [2.75, 3.05) is 5.43 Å². The molecule has 0 saturated carbocycles. The van der Waals surface area contributed by atoms with Gasteiger partial charge in [-0.1, -0.05) is 40.9 Å². The molecule has 1 N–H and O–H groups in total. The van der Waals surface area contributed by atoms with Crippen LogP contribution in [0.5, 0.6) is 0 Å². The summed E-state index contributed by atoms with van der Waals surface area (Å²) in [6.07, 6.45) is 1.51. The molecule has 0 radical (unpaired) electrons. The minimum atomic E-state index is 0.318. The highest BCUT2D eigenvalue weighted by Crippen LogP contribution is 2.22. The fourth-order valence-electron chi connectivity index (χ4n) is 1.17. The van der Waals surface area contributed by atoms with Crippen molar-refractivity contribution in [1.82, 2.24) is 10.2 Å². The smallest absolute Gasteiger partial charge is 0.168 e. The van der Waals surface area contributed by atoms with E-state index in [4.69, 9.17) is 34.8 Å². The molecule has 0 aliphatic rings. The van der Waals surface area contributed by atoms with E-state index in [0.29, 0.717) is 26.6 Å². The predicted molar refractivity (Wildman–Crippen MR) is 74.7 cm³/mol. The Hall–Kier alpha value is -1.36. The molecule has 1 aromatic carbocycles. The van der Waals surface area contributed by atoms with Crippen LogP contribution in [-0.2, 0) is 0 Å². The van der Waals surface area contributed by atoms with E-state index >= 15 is 0 Å². The van der Waals surface area contributed by atoms with Gasteiger partial charge in [-0.3, -0.25) is 5.43 Å². The van der Waals surface area contributed by atoms with Gasteiger partial charge in [-0.05, 0) is 24.3 Å². The van der Waals surface area contributed by atoms with Gasteiger partial charge in [0, 0.05) is 5.56 Å². The first kappa shape index (κ1) is 13.1. The van der Waals surface area contributed by atoms with Gasteiger partial charge in [0.15, 0.2) is 11.0 Å². The summed E-state index contributed by atoms with van der Waals surface area (Å²) >= 11 is 17.6. The molecule has 0 aliphatic carbocycles. The fraction of sp³-hybridized carbons (Fsp3) is 0. The third-order valence-electron chi connectivity index (χ3n) is 2.00. The lowest BCUT2D eigenvalue weighted by molar-refractivity contribution is 1.02. The SMILES string of the molecule is Clc1ccc(N/N=C/c2c(Cl)cccc2Cl)nn1. The maximum atomic E-state index is 5.98. The minimum absolute atomic E-state index is 0.318. The zero-order chi connectivity index (χ0) is 13.0. The lowest BCUT2D eigenvalue weighted by atomic mass is 10.2. The molecule has 0 fully saturated rings. The average Bonchev–Trinajstić information content (AvgIpc) is 2.35. The van der Waals surface area contributed by atoms with Crippen LogP contribution in [0.3, 0.4) is 0 Å². The maximum absolute atomic E-state index is 5.98. The lowest BCUT2D eigenvalue weighted by Gasteiger charge is -2.01. The van der Waals surface area contributed by atoms with Crippen molar-refractivity contribution in [3.05, 3.63) is 51.1 Å². The van der Waals surface area contributed by atoms with Gasteiger partial charge >= 0.3 is 0 Å². The number of nitrogens with zero attached hydrogens (tertiary/aromatic N) is 3. The van der Waals surface area contributed by atoms with Crippen molar-refractivity contribution >= 4 is 46.8 Å². The van der Waals surface area contributed by atoms with E-state index in [2.05, 4.69) is 20.7 Å². The molecule has 0 saturated heterocycles. The van der Waals surface area contributed by atoms with Crippen LogP contribution < -0.4 is 5.43 Å². The molecule has 1 aromatic heterocycles. The molecule has 1 heterocycles. The molecule has 0 aliphatic heterocycles. The standard InChI is InChI=1S/C11H7Cl3N4/c12-8-2-1-3-9(13)7(8)6-15-17-11-5-4-10(14)16-18-11/h1-6H,(H,17,18)/b15-6+. The van der Waals surface area contributed by atoms with Crippen LogP contribution in [0.15, 0.2) is 35.4 Å². The molecule has 0 amide bonds. The van der Waals surface area contributed by atoms with Gasteiger partial charge in [-0.25, -0.2) is 0 Å². The molecular weight excluding hydrogens is 295 g/mol. The minimum Gasteiger partial charge on any atom is -0.260 e. The Morgan fingerprint density at radius 2 is 1.72 bits per heavy atom. The van der Waals surface area contributed by atoms with Crippen LogP contribution in [0.25, 0.3) is 0 Å². The number of hydrazone groups is 1. The Bertz CT molecular complexity index is 549. The zero-order valence-electron chi connectivity index (χ0n) is 8.94. The maximum Gasteiger partial charge on any atom is 0.168 e. The van der Waals surface area contributed by atoms with Gasteiger partial charge in [-0.2, -0.15) is 5.10 Å². The Kier molecular flexibility index (Phi) is 4.36. The first-order chi connectivity index (χ1) is 8.66. The highest BCUT2D eigenvalue weighted by atomic mass is 35.5. The summed E-state index contributed by atoms with van der Waals surface area (Å²) in [6.45, 7) is 0. The van der Waals surface area contributed by atoms with Crippen molar-refractivity contribution in [3.63, 3.8) is 0 Å². The number of hydrogen-bond donors (Lipinski definition) is 1. The van der Waals surface area contributed by atoms with Crippen LogP contribution in [0.2, 0.25) is 15.2 Å². The van der Waals surface area contributed by atoms with E-state index in [-0.39, 0.29) is 0 Å². The van der Waals surface area contributed by atoms with Gasteiger partial charge < -0.3 is 0 Å². The highest BCUT2D eigenvalue weighted by molar-refractivity contribution is 6.38. The largest absolute Gasteiger partial charge is 0.260 e. The van der Waals surface area contributed by atoms with Crippen molar-refractivity contribution in [1.29, 1.82) is 0 Å². The number of halogens is 3. The first-order valence-electron chi connectivity index (χ1n) is 4.89.